The number of amides is 1. The van der Waals surface area contributed by atoms with Crippen LogP contribution in [0.1, 0.15) is 36.5 Å². The predicted molar refractivity (Wildman–Crippen MR) is 123 cm³/mol. The number of hydrogen-bond donors (Lipinski definition) is 3. The largest absolute Gasteiger partial charge is 0.477 e. The van der Waals surface area contributed by atoms with Gasteiger partial charge in [0.1, 0.15) is 11.9 Å². The number of fused-ring (bicyclic) bond motifs is 2. The number of anilines is 2. The molecule has 0 radical (unpaired) electrons. The number of carbonyl (C=O) groups excluding carboxylic acids is 1. The summed E-state index contributed by atoms with van der Waals surface area (Å²) in [4.78, 5) is 20.8. The Morgan fingerprint density at radius 2 is 1.97 bits per heavy atom. The number of pyridine rings is 2. The molecule has 1 atom stereocenters. The highest BCUT2D eigenvalue weighted by molar-refractivity contribution is 5.99. The molecule has 5 rings (SSSR count). The topological polar surface area (TPSA) is 129 Å². The van der Waals surface area contributed by atoms with Crippen molar-refractivity contribution >= 4 is 28.4 Å². The molecule has 0 bridgehead atoms. The number of aliphatic hydroxyl groups is 1. The van der Waals surface area contributed by atoms with Crippen LogP contribution >= 0.6 is 0 Å². The minimum absolute atomic E-state index is 0.0646. The highest BCUT2D eigenvalue weighted by Gasteiger charge is 2.26. The number of rotatable bonds is 3. The molecule has 1 aromatic carbocycles. The lowest BCUT2D eigenvalue weighted by Crippen LogP contribution is -2.28. The molecule has 1 fully saturated rings. The summed E-state index contributed by atoms with van der Waals surface area (Å²) >= 11 is 0. The minimum atomic E-state index is -0.737. The average molecular weight is 468 g/mol. The summed E-state index contributed by atoms with van der Waals surface area (Å²) in [5.74, 6) is 0.00327. The molecular formula is C24H25FN4O5. The van der Waals surface area contributed by atoms with E-state index in [1.807, 2.05) is 0 Å². The van der Waals surface area contributed by atoms with Gasteiger partial charge < -0.3 is 25.1 Å². The Morgan fingerprint density at radius 1 is 1.18 bits per heavy atom. The number of benzene rings is 1. The standard InChI is InChI=1S/C24H25FN4O5/c1-12-16(10-28-23-20(12)18(30)4-7-33-23)15-8-13-9-19(27-11-17(13)22(26)21(15)25)29-24(31)34-14-2-5-32-6-3-14/h8-11,14,18,30H,2-7,26H2,1H3,(H,27,29,31)/t18-/m1/s1. The van der Waals surface area contributed by atoms with E-state index in [1.54, 1.807) is 19.1 Å². The summed E-state index contributed by atoms with van der Waals surface area (Å²) in [6.45, 7) is 3.27. The van der Waals surface area contributed by atoms with Crippen LogP contribution in [0.25, 0.3) is 21.9 Å². The number of carbonyl (C=O) groups is 1. The average Bonchev–Trinajstić information content (AvgIpc) is 2.82. The lowest BCUT2D eigenvalue weighted by atomic mass is 9.92. The monoisotopic (exact) mass is 468 g/mol. The number of hydrogen-bond acceptors (Lipinski definition) is 8. The van der Waals surface area contributed by atoms with Gasteiger partial charge in [0.2, 0.25) is 5.88 Å². The fourth-order valence-corrected chi connectivity index (χ4v) is 4.43. The Balaban J connectivity index is 1.48. The number of halogens is 1. The van der Waals surface area contributed by atoms with Gasteiger partial charge >= 0.3 is 6.09 Å². The zero-order valence-electron chi connectivity index (χ0n) is 18.6. The maximum atomic E-state index is 15.3. The van der Waals surface area contributed by atoms with E-state index in [4.69, 9.17) is 19.9 Å². The van der Waals surface area contributed by atoms with Crippen molar-refractivity contribution in [3.8, 4) is 17.0 Å². The number of aromatic nitrogens is 2. The van der Waals surface area contributed by atoms with Gasteiger partial charge in [-0.05, 0) is 30.0 Å². The maximum Gasteiger partial charge on any atom is 0.413 e. The Morgan fingerprint density at radius 3 is 2.76 bits per heavy atom. The summed E-state index contributed by atoms with van der Waals surface area (Å²) in [6.07, 6.45) is 3.10. The molecule has 1 amide bonds. The Hall–Kier alpha value is -3.50. The highest BCUT2D eigenvalue weighted by atomic mass is 19.1. The lowest BCUT2D eigenvalue weighted by Gasteiger charge is -2.24. The van der Waals surface area contributed by atoms with Crippen molar-refractivity contribution in [1.82, 2.24) is 9.97 Å². The number of nitrogens with one attached hydrogen (secondary N) is 1. The second-order valence-corrected chi connectivity index (χ2v) is 8.45. The van der Waals surface area contributed by atoms with Crippen molar-refractivity contribution in [2.45, 2.75) is 38.4 Å². The van der Waals surface area contributed by atoms with Gasteiger partial charge in [-0.15, -0.1) is 0 Å². The van der Waals surface area contributed by atoms with Gasteiger partial charge in [-0.3, -0.25) is 5.32 Å². The number of ether oxygens (including phenoxy) is 3. The molecule has 0 saturated carbocycles. The fourth-order valence-electron chi connectivity index (χ4n) is 4.43. The number of nitrogens with zero attached hydrogens (tertiary/aromatic N) is 2. The quantitative estimate of drug-likeness (QED) is 0.494. The van der Waals surface area contributed by atoms with Gasteiger partial charge in [-0.2, -0.15) is 0 Å². The smallest absolute Gasteiger partial charge is 0.413 e. The number of nitrogens with two attached hydrogens (primary N) is 1. The van der Waals surface area contributed by atoms with Crippen LogP contribution in [-0.2, 0) is 9.47 Å². The molecule has 0 spiro atoms. The third-order valence-corrected chi connectivity index (χ3v) is 6.27. The van der Waals surface area contributed by atoms with Crippen LogP contribution < -0.4 is 15.8 Å². The lowest BCUT2D eigenvalue weighted by molar-refractivity contribution is 0.00590. The van der Waals surface area contributed by atoms with Crippen LogP contribution in [0.15, 0.2) is 24.5 Å². The number of nitrogen functional groups attached to an aromatic ring is 1. The molecule has 3 aromatic rings. The SMILES string of the molecule is Cc1c(-c2cc3cc(NC(=O)OC4CCOCC4)ncc3c(N)c2F)cnc2c1[C@H](O)CCO2. The van der Waals surface area contributed by atoms with E-state index in [0.29, 0.717) is 72.4 Å². The molecule has 10 heteroatoms. The normalized spacial score (nSPS) is 18.3. The zero-order valence-corrected chi connectivity index (χ0v) is 18.6. The van der Waals surface area contributed by atoms with E-state index in [-0.39, 0.29) is 23.2 Å². The number of aliphatic hydroxyl groups excluding tert-OH is 1. The first-order valence-corrected chi connectivity index (χ1v) is 11.2. The molecule has 0 unspecified atom stereocenters. The van der Waals surface area contributed by atoms with Crippen LogP contribution in [-0.4, -0.2) is 47.1 Å². The summed E-state index contributed by atoms with van der Waals surface area (Å²) in [5.41, 5.74) is 8.00. The molecule has 2 aliphatic heterocycles. The molecule has 9 nitrogen and oxygen atoms in total. The summed E-state index contributed by atoms with van der Waals surface area (Å²) in [6, 6.07) is 3.24. The Bertz CT molecular complexity index is 1260. The maximum absolute atomic E-state index is 15.3. The van der Waals surface area contributed by atoms with Gasteiger partial charge in [-0.25, -0.2) is 19.2 Å². The molecule has 4 N–H and O–H groups in total. The Labute approximate surface area is 195 Å². The van der Waals surface area contributed by atoms with Crippen LogP contribution in [0.3, 0.4) is 0 Å². The van der Waals surface area contributed by atoms with E-state index >= 15 is 4.39 Å². The van der Waals surface area contributed by atoms with Crippen LogP contribution in [0.2, 0.25) is 0 Å². The zero-order chi connectivity index (χ0) is 23.8. The summed E-state index contributed by atoms with van der Waals surface area (Å²) in [7, 11) is 0. The third-order valence-electron chi connectivity index (χ3n) is 6.27. The molecule has 2 aromatic heterocycles. The summed E-state index contributed by atoms with van der Waals surface area (Å²) in [5, 5.41) is 14.1. The van der Waals surface area contributed by atoms with Crippen LogP contribution in [0.5, 0.6) is 5.88 Å². The molecule has 2 aliphatic rings. The van der Waals surface area contributed by atoms with Crippen molar-refractivity contribution in [1.29, 1.82) is 0 Å². The van der Waals surface area contributed by atoms with Crippen molar-refractivity contribution in [2.24, 2.45) is 0 Å². The minimum Gasteiger partial charge on any atom is -0.477 e. The first-order valence-electron chi connectivity index (χ1n) is 11.2. The molecule has 0 aliphatic carbocycles. The second kappa shape index (κ2) is 9.03. The van der Waals surface area contributed by atoms with E-state index in [2.05, 4.69) is 15.3 Å². The van der Waals surface area contributed by atoms with E-state index in [1.165, 1.54) is 12.4 Å². The van der Waals surface area contributed by atoms with Gasteiger partial charge in [0.05, 0.1) is 31.6 Å². The van der Waals surface area contributed by atoms with E-state index < -0.39 is 18.0 Å². The molecule has 178 valence electrons. The van der Waals surface area contributed by atoms with Gasteiger partial charge in [0.15, 0.2) is 5.82 Å². The van der Waals surface area contributed by atoms with Gasteiger partial charge in [0, 0.05) is 53.7 Å². The molecule has 4 heterocycles. The van der Waals surface area contributed by atoms with Crippen molar-refractivity contribution in [2.75, 3.05) is 30.9 Å². The third kappa shape index (κ3) is 4.10. The Kier molecular flexibility index (Phi) is 5.93. The van der Waals surface area contributed by atoms with Crippen molar-refractivity contribution < 1.29 is 28.5 Å². The first kappa shape index (κ1) is 22.3. The fraction of sp³-hybridized carbons (Fsp3) is 0.375. The van der Waals surface area contributed by atoms with Gasteiger partial charge in [0.25, 0.3) is 0 Å². The summed E-state index contributed by atoms with van der Waals surface area (Å²) < 4.78 is 31.6. The molecule has 34 heavy (non-hydrogen) atoms. The first-order chi connectivity index (χ1) is 16.4. The second-order valence-electron chi connectivity index (χ2n) is 8.45. The van der Waals surface area contributed by atoms with E-state index in [0.717, 1.165) is 0 Å². The highest BCUT2D eigenvalue weighted by Crippen LogP contribution is 2.40. The predicted octanol–water partition coefficient (Wildman–Crippen LogP) is 3.87. The van der Waals surface area contributed by atoms with Crippen LogP contribution in [0.4, 0.5) is 20.7 Å². The van der Waals surface area contributed by atoms with Crippen molar-refractivity contribution in [3.05, 3.63) is 41.5 Å². The molecule has 1 saturated heterocycles. The van der Waals surface area contributed by atoms with Gasteiger partial charge in [-0.1, -0.05) is 0 Å². The molecular weight excluding hydrogens is 443 g/mol. The van der Waals surface area contributed by atoms with Crippen molar-refractivity contribution in [3.63, 3.8) is 0 Å². The van der Waals surface area contributed by atoms with Crippen LogP contribution in [0, 0.1) is 12.7 Å². The van der Waals surface area contributed by atoms with E-state index in [9.17, 15) is 9.90 Å².